The van der Waals surface area contributed by atoms with Gasteiger partial charge in [-0.2, -0.15) is 0 Å². The number of fused-ring (bicyclic) bond motifs is 1. The fraction of sp³-hybridized carbons (Fsp3) is 0.0714. The molecule has 2 aromatic carbocycles. The van der Waals surface area contributed by atoms with Crippen molar-refractivity contribution in [2.45, 2.75) is 6.92 Å². The molecule has 0 aliphatic carbocycles. The van der Waals surface area contributed by atoms with Crippen LogP contribution in [0.3, 0.4) is 0 Å². The fourth-order valence-electron chi connectivity index (χ4n) is 1.78. The summed E-state index contributed by atoms with van der Waals surface area (Å²) in [5, 5.41) is 4.84. The fourth-order valence-corrected chi connectivity index (χ4v) is 3.19. The second kappa shape index (κ2) is 5.12. The largest absolute Gasteiger partial charge is 0.331 e. The normalized spacial score (nSPS) is 10.9. The van der Waals surface area contributed by atoms with E-state index in [4.69, 9.17) is 11.6 Å². The van der Waals surface area contributed by atoms with Crippen LogP contribution in [0.1, 0.15) is 5.56 Å². The Morgan fingerprint density at radius 3 is 2.84 bits per heavy atom. The first kappa shape index (κ1) is 12.9. The Bertz CT molecular complexity index is 754. The van der Waals surface area contributed by atoms with E-state index >= 15 is 0 Å². The molecule has 1 aromatic heterocycles. The molecule has 19 heavy (non-hydrogen) atoms. The Balaban J connectivity index is 1.94. The number of thiazole rings is 1. The van der Waals surface area contributed by atoms with Gasteiger partial charge in [0.25, 0.3) is 0 Å². The van der Waals surface area contributed by atoms with Crippen LogP contribution in [0.4, 0.5) is 10.8 Å². The van der Waals surface area contributed by atoms with Crippen molar-refractivity contribution in [2.75, 3.05) is 5.32 Å². The molecule has 0 aliphatic heterocycles. The Labute approximate surface area is 128 Å². The van der Waals surface area contributed by atoms with Crippen LogP contribution in [-0.4, -0.2) is 4.98 Å². The molecule has 96 valence electrons. The molecule has 2 nitrogen and oxygen atoms in total. The van der Waals surface area contributed by atoms with Gasteiger partial charge in [0.2, 0.25) is 0 Å². The molecule has 0 radical (unpaired) electrons. The Hall–Kier alpha value is -1.10. The summed E-state index contributed by atoms with van der Waals surface area (Å²) in [6.45, 7) is 2.08. The monoisotopic (exact) mass is 352 g/mol. The van der Waals surface area contributed by atoms with Crippen LogP contribution in [0.15, 0.2) is 40.9 Å². The molecule has 3 rings (SSSR count). The Kier molecular flexibility index (Phi) is 3.48. The lowest BCUT2D eigenvalue weighted by molar-refractivity contribution is 1.43. The summed E-state index contributed by atoms with van der Waals surface area (Å²) < 4.78 is 2.07. The molecule has 0 amide bonds. The molecule has 0 spiro atoms. The van der Waals surface area contributed by atoms with Crippen molar-refractivity contribution in [1.82, 2.24) is 4.98 Å². The summed E-state index contributed by atoms with van der Waals surface area (Å²) in [6.07, 6.45) is 0. The number of aryl methyl sites for hydroxylation is 1. The molecular formula is C14H10BrClN2S. The minimum absolute atomic E-state index is 0.682. The molecule has 0 bridgehead atoms. The first-order valence-corrected chi connectivity index (χ1v) is 7.70. The Morgan fingerprint density at radius 1 is 1.21 bits per heavy atom. The zero-order chi connectivity index (χ0) is 13.4. The first-order valence-electron chi connectivity index (χ1n) is 5.71. The lowest BCUT2D eigenvalue weighted by Gasteiger charge is -2.03. The first-order chi connectivity index (χ1) is 9.11. The van der Waals surface area contributed by atoms with Gasteiger partial charge in [0, 0.05) is 10.2 Å². The Morgan fingerprint density at radius 2 is 2.05 bits per heavy atom. The quantitative estimate of drug-likeness (QED) is 0.633. The van der Waals surface area contributed by atoms with Crippen LogP contribution in [0.5, 0.6) is 0 Å². The van der Waals surface area contributed by atoms with Crippen molar-refractivity contribution in [2.24, 2.45) is 0 Å². The average molecular weight is 354 g/mol. The third-order valence-electron chi connectivity index (χ3n) is 2.71. The molecule has 0 saturated heterocycles. The van der Waals surface area contributed by atoms with E-state index in [2.05, 4.69) is 45.3 Å². The topological polar surface area (TPSA) is 24.9 Å². The van der Waals surface area contributed by atoms with Gasteiger partial charge in [0.1, 0.15) is 0 Å². The van der Waals surface area contributed by atoms with Gasteiger partial charge in [-0.25, -0.2) is 4.98 Å². The van der Waals surface area contributed by atoms with E-state index in [0.717, 1.165) is 20.8 Å². The van der Waals surface area contributed by atoms with Crippen LogP contribution >= 0.6 is 38.9 Å². The molecule has 0 unspecified atom stereocenters. The van der Waals surface area contributed by atoms with Crippen molar-refractivity contribution in [3.63, 3.8) is 0 Å². The molecular weight excluding hydrogens is 344 g/mol. The maximum atomic E-state index is 6.08. The van der Waals surface area contributed by atoms with Gasteiger partial charge in [-0.05, 0) is 58.7 Å². The molecule has 0 aliphatic rings. The molecule has 0 fully saturated rings. The molecule has 0 atom stereocenters. The van der Waals surface area contributed by atoms with Gasteiger partial charge in [-0.3, -0.25) is 0 Å². The van der Waals surface area contributed by atoms with Crippen LogP contribution in [0, 0.1) is 6.92 Å². The standard InChI is InChI=1S/C14H10BrClN2S/c1-8-2-5-12-13(6-8)19-14(18-12)17-9-3-4-10(15)11(16)7-9/h2-7H,1H3,(H,17,18). The zero-order valence-corrected chi connectivity index (χ0v) is 13.2. The lowest BCUT2D eigenvalue weighted by Crippen LogP contribution is -1.88. The van der Waals surface area contributed by atoms with Gasteiger partial charge in [0.05, 0.1) is 15.2 Å². The van der Waals surface area contributed by atoms with Crippen LogP contribution in [0.2, 0.25) is 5.02 Å². The van der Waals surface area contributed by atoms with Crippen LogP contribution < -0.4 is 5.32 Å². The van der Waals surface area contributed by atoms with E-state index in [0.29, 0.717) is 5.02 Å². The molecule has 1 heterocycles. The average Bonchev–Trinajstić information content (AvgIpc) is 2.75. The van der Waals surface area contributed by atoms with Crippen molar-refractivity contribution in [3.8, 4) is 0 Å². The highest BCUT2D eigenvalue weighted by atomic mass is 79.9. The number of anilines is 2. The molecule has 0 saturated carbocycles. The number of nitrogens with zero attached hydrogens (tertiary/aromatic N) is 1. The van der Waals surface area contributed by atoms with Crippen LogP contribution in [0.25, 0.3) is 10.2 Å². The van der Waals surface area contributed by atoms with E-state index in [9.17, 15) is 0 Å². The number of nitrogens with one attached hydrogen (secondary N) is 1. The third-order valence-corrected chi connectivity index (χ3v) is 4.88. The number of hydrogen-bond donors (Lipinski definition) is 1. The maximum absolute atomic E-state index is 6.08. The van der Waals surface area contributed by atoms with Gasteiger partial charge in [0.15, 0.2) is 5.13 Å². The number of benzene rings is 2. The van der Waals surface area contributed by atoms with Crippen molar-refractivity contribution < 1.29 is 0 Å². The maximum Gasteiger partial charge on any atom is 0.188 e. The van der Waals surface area contributed by atoms with Crippen molar-refractivity contribution >= 4 is 59.9 Å². The molecule has 3 aromatic rings. The zero-order valence-electron chi connectivity index (χ0n) is 10.1. The highest BCUT2D eigenvalue weighted by Crippen LogP contribution is 2.31. The second-order valence-electron chi connectivity index (χ2n) is 4.24. The van der Waals surface area contributed by atoms with Gasteiger partial charge >= 0.3 is 0 Å². The summed E-state index contributed by atoms with van der Waals surface area (Å²) in [4.78, 5) is 4.55. The second-order valence-corrected chi connectivity index (χ2v) is 6.54. The SMILES string of the molecule is Cc1ccc2nc(Nc3ccc(Br)c(Cl)c3)sc2c1. The summed E-state index contributed by atoms with van der Waals surface area (Å²) in [6, 6.07) is 12.0. The number of aromatic nitrogens is 1. The van der Waals surface area contributed by atoms with Crippen molar-refractivity contribution in [3.05, 3.63) is 51.5 Å². The number of halogens is 2. The minimum Gasteiger partial charge on any atom is -0.331 e. The van der Waals surface area contributed by atoms with Crippen molar-refractivity contribution in [1.29, 1.82) is 0 Å². The lowest BCUT2D eigenvalue weighted by atomic mass is 10.2. The summed E-state index contributed by atoms with van der Waals surface area (Å²) in [7, 11) is 0. The van der Waals surface area contributed by atoms with E-state index in [1.54, 1.807) is 11.3 Å². The van der Waals surface area contributed by atoms with Crippen LogP contribution in [-0.2, 0) is 0 Å². The summed E-state index contributed by atoms with van der Waals surface area (Å²) >= 11 is 11.1. The van der Waals surface area contributed by atoms with Gasteiger partial charge < -0.3 is 5.32 Å². The van der Waals surface area contributed by atoms with E-state index in [1.165, 1.54) is 10.3 Å². The molecule has 5 heteroatoms. The number of hydrogen-bond acceptors (Lipinski definition) is 3. The smallest absolute Gasteiger partial charge is 0.188 e. The minimum atomic E-state index is 0.682. The van der Waals surface area contributed by atoms with Gasteiger partial charge in [-0.1, -0.05) is 29.0 Å². The highest BCUT2D eigenvalue weighted by molar-refractivity contribution is 9.10. The van der Waals surface area contributed by atoms with E-state index in [1.807, 2.05) is 24.3 Å². The molecule has 1 N–H and O–H groups in total. The highest BCUT2D eigenvalue weighted by Gasteiger charge is 2.05. The van der Waals surface area contributed by atoms with Gasteiger partial charge in [-0.15, -0.1) is 0 Å². The predicted molar refractivity (Wildman–Crippen MR) is 86.8 cm³/mol. The predicted octanol–water partition coefficient (Wildman–Crippen LogP) is 5.76. The summed E-state index contributed by atoms with van der Waals surface area (Å²) in [5.41, 5.74) is 3.19. The van der Waals surface area contributed by atoms with E-state index < -0.39 is 0 Å². The number of rotatable bonds is 2. The van der Waals surface area contributed by atoms with E-state index in [-0.39, 0.29) is 0 Å². The third kappa shape index (κ3) is 2.76. The summed E-state index contributed by atoms with van der Waals surface area (Å²) in [5.74, 6) is 0.